The zero-order valence-electron chi connectivity index (χ0n) is 12.3. The molecule has 1 saturated heterocycles. The maximum Gasteiger partial charge on any atom is 0.227 e. The van der Waals surface area contributed by atoms with Crippen molar-refractivity contribution in [3.63, 3.8) is 0 Å². The third-order valence-corrected chi connectivity index (χ3v) is 4.36. The van der Waals surface area contributed by atoms with Gasteiger partial charge in [0.1, 0.15) is 11.6 Å². The lowest BCUT2D eigenvalue weighted by atomic mass is 10.1. The molecule has 1 aromatic heterocycles. The van der Waals surface area contributed by atoms with Gasteiger partial charge in [-0.3, -0.25) is 4.79 Å². The Balaban J connectivity index is 1.79. The third-order valence-electron chi connectivity index (χ3n) is 4.00. The second kappa shape index (κ2) is 6.08. The molecule has 0 aliphatic carbocycles. The second-order valence-electron chi connectivity index (χ2n) is 5.57. The number of aryl methyl sites for hydroxylation is 1. The number of halogens is 2. The van der Waals surface area contributed by atoms with E-state index in [9.17, 15) is 9.18 Å². The molecule has 1 amide bonds. The number of rotatable bonds is 3. The number of benzene rings is 1. The number of amides is 1. The maximum atomic E-state index is 13.8. The topological polar surface area (TPSA) is 49.0 Å². The van der Waals surface area contributed by atoms with E-state index in [4.69, 9.17) is 11.6 Å². The minimum Gasteiger partial charge on any atom is -0.344 e. The van der Waals surface area contributed by atoms with Crippen molar-refractivity contribution in [2.45, 2.75) is 32.2 Å². The standard InChI is InChI=1S/C16H17ClFN3O/c1-10-9-19-16(20-10)14-6-3-7-21(14)15(22)8-11-12(17)4-2-5-13(11)18/h2,4-5,9,14H,3,6-8H2,1H3,(H,19,20)/t14-/m0/s1. The largest absolute Gasteiger partial charge is 0.344 e. The number of likely N-dealkylation sites (tertiary alicyclic amines) is 1. The van der Waals surface area contributed by atoms with E-state index >= 15 is 0 Å². The van der Waals surface area contributed by atoms with Gasteiger partial charge in [-0.05, 0) is 31.9 Å². The molecule has 0 radical (unpaired) electrons. The summed E-state index contributed by atoms with van der Waals surface area (Å²) in [6.45, 7) is 2.59. The van der Waals surface area contributed by atoms with E-state index in [1.54, 1.807) is 17.2 Å². The highest BCUT2D eigenvalue weighted by molar-refractivity contribution is 6.31. The van der Waals surface area contributed by atoms with Crippen LogP contribution < -0.4 is 0 Å². The van der Waals surface area contributed by atoms with Crippen LogP contribution >= 0.6 is 11.6 Å². The fourth-order valence-electron chi connectivity index (χ4n) is 2.91. The van der Waals surface area contributed by atoms with E-state index < -0.39 is 5.82 Å². The van der Waals surface area contributed by atoms with Crippen molar-refractivity contribution >= 4 is 17.5 Å². The number of hydrogen-bond acceptors (Lipinski definition) is 2. The lowest BCUT2D eigenvalue weighted by Crippen LogP contribution is -2.32. The highest BCUT2D eigenvalue weighted by Gasteiger charge is 2.32. The first kappa shape index (κ1) is 15.0. The van der Waals surface area contributed by atoms with Crippen LogP contribution in [0.4, 0.5) is 4.39 Å². The van der Waals surface area contributed by atoms with Crippen LogP contribution in [0.5, 0.6) is 0 Å². The maximum absolute atomic E-state index is 13.8. The molecule has 1 aliphatic heterocycles. The molecular weight excluding hydrogens is 305 g/mol. The Morgan fingerprint density at radius 2 is 2.36 bits per heavy atom. The number of nitrogens with zero attached hydrogens (tertiary/aromatic N) is 2. The normalized spacial score (nSPS) is 18.0. The van der Waals surface area contributed by atoms with Crippen molar-refractivity contribution in [3.05, 3.63) is 52.3 Å². The lowest BCUT2D eigenvalue weighted by Gasteiger charge is -2.23. The Kier molecular flexibility index (Phi) is 4.16. The molecule has 6 heteroatoms. The highest BCUT2D eigenvalue weighted by Crippen LogP contribution is 2.31. The van der Waals surface area contributed by atoms with Crippen molar-refractivity contribution in [3.8, 4) is 0 Å². The predicted molar refractivity (Wildman–Crippen MR) is 82.1 cm³/mol. The van der Waals surface area contributed by atoms with Crippen LogP contribution in [-0.2, 0) is 11.2 Å². The zero-order chi connectivity index (χ0) is 15.7. The summed E-state index contributed by atoms with van der Waals surface area (Å²) in [6, 6.07) is 4.40. The van der Waals surface area contributed by atoms with Crippen molar-refractivity contribution in [1.29, 1.82) is 0 Å². The number of aromatic nitrogens is 2. The van der Waals surface area contributed by atoms with Crippen molar-refractivity contribution < 1.29 is 9.18 Å². The molecule has 22 heavy (non-hydrogen) atoms. The van der Waals surface area contributed by atoms with Crippen LogP contribution in [0.1, 0.15) is 36.0 Å². The first-order chi connectivity index (χ1) is 10.6. The van der Waals surface area contributed by atoms with E-state index in [2.05, 4.69) is 9.97 Å². The Morgan fingerprint density at radius 3 is 3.05 bits per heavy atom. The number of hydrogen-bond donors (Lipinski definition) is 1. The number of carbonyl (C=O) groups is 1. The van der Waals surface area contributed by atoms with Crippen molar-refractivity contribution in [2.75, 3.05) is 6.54 Å². The summed E-state index contributed by atoms with van der Waals surface area (Å²) in [5.74, 6) is 0.233. The number of nitrogens with one attached hydrogen (secondary N) is 1. The van der Waals surface area contributed by atoms with Gasteiger partial charge in [-0.1, -0.05) is 17.7 Å². The van der Waals surface area contributed by atoms with E-state index in [1.165, 1.54) is 12.1 Å². The molecule has 0 bridgehead atoms. The van der Waals surface area contributed by atoms with Crippen LogP contribution in [0.2, 0.25) is 5.02 Å². The molecule has 116 valence electrons. The van der Waals surface area contributed by atoms with Gasteiger partial charge >= 0.3 is 0 Å². The fourth-order valence-corrected chi connectivity index (χ4v) is 3.14. The van der Waals surface area contributed by atoms with Gasteiger partial charge in [0.05, 0.1) is 12.5 Å². The summed E-state index contributed by atoms with van der Waals surface area (Å²) in [4.78, 5) is 21.8. The first-order valence-corrected chi connectivity index (χ1v) is 7.68. The van der Waals surface area contributed by atoms with Gasteiger partial charge in [-0.25, -0.2) is 9.37 Å². The molecule has 1 aliphatic rings. The Bertz CT molecular complexity index is 680. The monoisotopic (exact) mass is 321 g/mol. The van der Waals surface area contributed by atoms with Crippen molar-refractivity contribution in [2.24, 2.45) is 0 Å². The van der Waals surface area contributed by atoms with Crippen LogP contribution in [0, 0.1) is 12.7 Å². The third kappa shape index (κ3) is 2.86. The molecular formula is C16H17ClFN3O. The quantitative estimate of drug-likeness (QED) is 0.941. The average molecular weight is 322 g/mol. The van der Waals surface area contributed by atoms with Crippen LogP contribution in [-0.4, -0.2) is 27.3 Å². The molecule has 1 atom stereocenters. The van der Waals surface area contributed by atoms with Gasteiger partial charge in [0, 0.05) is 29.0 Å². The number of imidazole rings is 1. The minimum atomic E-state index is -0.439. The lowest BCUT2D eigenvalue weighted by molar-refractivity contribution is -0.131. The van der Waals surface area contributed by atoms with Crippen LogP contribution in [0.3, 0.4) is 0 Å². The summed E-state index contributed by atoms with van der Waals surface area (Å²) in [5.41, 5.74) is 1.22. The molecule has 1 N–H and O–H groups in total. The zero-order valence-corrected chi connectivity index (χ0v) is 13.0. The summed E-state index contributed by atoms with van der Waals surface area (Å²) < 4.78 is 13.8. The second-order valence-corrected chi connectivity index (χ2v) is 5.98. The van der Waals surface area contributed by atoms with E-state index in [0.717, 1.165) is 24.4 Å². The molecule has 0 unspecified atom stereocenters. The molecule has 0 saturated carbocycles. The van der Waals surface area contributed by atoms with Crippen molar-refractivity contribution in [1.82, 2.24) is 14.9 Å². The van der Waals surface area contributed by atoms with Gasteiger partial charge < -0.3 is 9.88 Å². The average Bonchev–Trinajstić information content (AvgIpc) is 3.11. The van der Waals surface area contributed by atoms with Crippen LogP contribution in [0.15, 0.2) is 24.4 Å². The fraction of sp³-hybridized carbons (Fsp3) is 0.375. The van der Waals surface area contributed by atoms with Gasteiger partial charge in [-0.15, -0.1) is 0 Å². The number of aromatic amines is 1. The van der Waals surface area contributed by atoms with Gasteiger partial charge in [0.15, 0.2) is 0 Å². The van der Waals surface area contributed by atoms with Gasteiger partial charge in [0.25, 0.3) is 0 Å². The molecule has 2 heterocycles. The number of carbonyl (C=O) groups excluding carboxylic acids is 1. The molecule has 1 fully saturated rings. The SMILES string of the molecule is Cc1cnc([C@@H]2CCCN2C(=O)Cc2c(F)cccc2Cl)[nH]1. The summed E-state index contributed by atoms with van der Waals surface area (Å²) in [6.07, 6.45) is 3.51. The van der Waals surface area contributed by atoms with Gasteiger partial charge in [0.2, 0.25) is 5.91 Å². The first-order valence-electron chi connectivity index (χ1n) is 7.30. The summed E-state index contributed by atoms with van der Waals surface area (Å²) in [7, 11) is 0. The molecule has 2 aromatic rings. The predicted octanol–water partition coefficient (Wildman–Crippen LogP) is 3.42. The van der Waals surface area contributed by atoms with E-state index in [1.807, 2.05) is 6.92 Å². The smallest absolute Gasteiger partial charge is 0.227 e. The van der Waals surface area contributed by atoms with E-state index in [-0.39, 0.29) is 29.0 Å². The Hall–Kier alpha value is -1.88. The summed E-state index contributed by atoms with van der Waals surface area (Å²) >= 11 is 6.01. The molecule has 1 aromatic carbocycles. The molecule has 0 spiro atoms. The number of H-pyrrole nitrogens is 1. The molecule has 4 nitrogen and oxygen atoms in total. The highest BCUT2D eigenvalue weighted by atomic mass is 35.5. The van der Waals surface area contributed by atoms with Gasteiger partial charge in [-0.2, -0.15) is 0 Å². The van der Waals surface area contributed by atoms with Crippen LogP contribution in [0.25, 0.3) is 0 Å². The molecule has 3 rings (SSSR count). The Morgan fingerprint density at radius 1 is 1.55 bits per heavy atom. The van der Waals surface area contributed by atoms with E-state index in [0.29, 0.717) is 6.54 Å². The minimum absolute atomic E-state index is 0.0261. The summed E-state index contributed by atoms with van der Waals surface area (Å²) in [5, 5.41) is 0.290. The Labute approximate surface area is 133 Å².